The molecule has 2 aromatic rings. The van der Waals surface area contributed by atoms with E-state index in [9.17, 15) is 4.79 Å². The number of nitrogens with zero attached hydrogens (tertiary/aromatic N) is 4. The number of hydrogen-bond donors (Lipinski definition) is 0. The second-order valence-electron chi connectivity index (χ2n) is 5.57. The predicted molar refractivity (Wildman–Crippen MR) is 82.0 cm³/mol. The molecule has 1 aliphatic carbocycles. The number of rotatable bonds is 6. The number of amides is 1. The van der Waals surface area contributed by atoms with Crippen LogP contribution in [0, 0.1) is 6.92 Å². The molecule has 0 saturated heterocycles. The van der Waals surface area contributed by atoms with Crippen molar-refractivity contribution >= 4 is 17.2 Å². The zero-order valence-electron chi connectivity index (χ0n) is 12.5. The smallest absolute Gasteiger partial charge is 0.223 e. The van der Waals surface area contributed by atoms with E-state index in [1.165, 1.54) is 4.88 Å². The van der Waals surface area contributed by atoms with E-state index >= 15 is 0 Å². The summed E-state index contributed by atoms with van der Waals surface area (Å²) >= 11 is 1.64. The van der Waals surface area contributed by atoms with E-state index < -0.39 is 0 Å². The molecular formula is C15H20N4OS. The van der Waals surface area contributed by atoms with Gasteiger partial charge >= 0.3 is 0 Å². The Morgan fingerprint density at radius 2 is 2.29 bits per heavy atom. The van der Waals surface area contributed by atoms with E-state index in [2.05, 4.69) is 9.97 Å². The van der Waals surface area contributed by atoms with Gasteiger partial charge in [-0.1, -0.05) is 0 Å². The quantitative estimate of drug-likeness (QED) is 0.823. The molecular weight excluding hydrogens is 284 g/mol. The van der Waals surface area contributed by atoms with Gasteiger partial charge in [0.05, 0.1) is 17.7 Å². The highest BCUT2D eigenvalue weighted by atomic mass is 32.1. The van der Waals surface area contributed by atoms with E-state index in [0.29, 0.717) is 19.0 Å². The third kappa shape index (κ3) is 3.32. The number of aromatic nitrogens is 3. The summed E-state index contributed by atoms with van der Waals surface area (Å²) in [7, 11) is 1.97. The van der Waals surface area contributed by atoms with Crippen LogP contribution in [0.5, 0.6) is 0 Å². The number of aryl methyl sites for hydroxylation is 3. The Morgan fingerprint density at radius 3 is 2.86 bits per heavy atom. The van der Waals surface area contributed by atoms with Gasteiger partial charge in [-0.05, 0) is 26.2 Å². The first-order valence-electron chi connectivity index (χ1n) is 7.30. The molecule has 21 heavy (non-hydrogen) atoms. The third-order valence-electron chi connectivity index (χ3n) is 3.95. The number of imidazole rings is 1. The van der Waals surface area contributed by atoms with Gasteiger partial charge in [0.2, 0.25) is 5.91 Å². The summed E-state index contributed by atoms with van der Waals surface area (Å²) in [4.78, 5) is 24.3. The summed E-state index contributed by atoms with van der Waals surface area (Å²) in [5.74, 6) is 1.18. The maximum absolute atomic E-state index is 12.5. The summed E-state index contributed by atoms with van der Waals surface area (Å²) in [5.41, 5.74) is 2.90. The van der Waals surface area contributed by atoms with Crippen molar-refractivity contribution in [2.45, 2.75) is 45.2 Å². The molecule has 3 rings (SSSR count). The van der Waals surface area contributed by atoms with Crippen LogP contribution in [0.1, 0.15) is 35.7 Å². The van der Waals surface area contributed by atoms with Crippen LogP contribution >= 0.6 is 11.3 Å². The lowest BCUT2D eigenvalue weighted by Crippen LogP contribution is -2.33. The van der Waals surface area contributed by atoms with E-state index in [4.69, 9.17) is 0 Å². The van der Waals surface area contributed by atoms with Crippen LogP contribution in [-0.4, -0.2) is 31.4 Å². The summed E-state index contributed by atoms with van der Waals surface area (Å²) in [6.45, 7) is 2.62. The van der Waals surface area contributed by atoms with Gasteiger partial charge in [0.15, 0.2) is 0 Å². The van der Waals surface area contributed by atoms with Gasteiger partial charge in [-0.25, -0.2) is 9.97 Å². The molecule has 112 valence electrons. The van der Waals surface area contributed by atoms with Crippen LogP contribution in [0.15, 0.2) is 17.9 Å². The molecule has 0 N–H and O–H groups in total. The van der Waals surface area contributed by atoms with Crippen molar-refractivity contribution in [2.24, 2.45) is 7.05 Å². The van der Waals surface area contributed by atoms with Crippen LogP contribution < -0.4 is 0 Å². The largest absolute Gasteiger partial charge is 0.337 e. The van der Waals surface area contributed by atoms with Crippen molar-refractivity contribution in [3.05, 3.63) is 34.3 Å². The predicted octanol–water partition coefficient (Wildman–Crippen LogP) is 2.31. The second-order valence-corrected chi connectivity index (χ2v) is 6.51. The highest BCUT2D eigenvalue weighted by Gasteiger charge is 2.33. The lowest BCUT2D eigenvalue weighted by atomic mass is 10.2. The molecule has 1 saturated carbocycles. The molecule has 5 nitrogen and oxygen atoms in total. The van der Waals surface area contributed by atoms with Crippen LogP contribution in [0.25, 0.3) is 0 Å². The average molecular weight is 304 g/mol. The Kier molecular flexibility index (Phi) is 4.05. The van der Waals surface area contributed by atoms with Crippen molar-refractivity contribution in [3.8, 4) is 0 Å². The fourth-order valence-electron chi connectivity index (χ4n) is 2.44. The fourth-order valence-corrected chi connectivity index (χ4v) is 3.22. The van der Waals surface area contributed by atoms with E-state index in [0.717, 1.165) is 30.8 Å². The number of carbonyl (C=O) groups is 1. The normalized spacial score (nSPS) is 14.4. The van der Waals surface area contributed by atoms with Gasteiger partial charge in [0.1, 0.15) is 5.82 Å². The van der Waals surface area contributed by atoms with Crippen molar-refractivity contribution in [3.63, 3.8) is 0 Å². The van der Waals surface area contributed by atoms with Crippen LogP contribution in [0.3, 0.4) is 0 Å². The molecule has 0 bridgehead atoms. The molecule has 0 radical (unpaired) electrons. The molecule has 0 aliphatic heterocycles. The zero-order valence-corrected chi connectivity index (χ0v) is 13.3. The highest BCUT2D eigenvalue weighted by Crippen LogP contribution is 2.29. The Hall–Kier alpha value is -1.69. The first kappa shape index (κ1) is 14.3. The first-order chi connectivity index (χ1) is 10.1. The van der Waals surface area contributed by atoms with Crippen LogP contribution in [-0.2, 0) is 24.8 Å². The summed E-state index contributed by atoms with van der Waals surface area (Å²) < 4.78 is 1.98. The van der Waals surface area contributed by atoms with E-state index in [1.54, 1.807) is 17.5 Å². The van der Waals surface area contributed by atoms with Gasteiger partial charge in [-0.2, -0.15) is 0 Å². The molecule has 1 amide bonds. The summed E-state index contributed by atoms with van der Waals surface area (Å²) in [6.07, 6.45) is 7.30. The molecule has 0 aromatic carbocycles. The maximum Gasteiger partial charge on any atom is 0.223 e. The monoisotopic (exact) mass is 304 g/mol. The first-order valence-corrected chi connectivity index (χ1v) is 8.17. The topological polar surface area (TPSA) is 51.0 Å². The lowest BCUT2D eigenvalue weighted by molar-refractivity contribution is -0.132. The minimum atomic E-state index is 0.230. The zero-order chi connectivity index (χ0) is 14.8. The molecule has 0 atom stereocenters. The lowest BCUT2D eigenvalue weighted by Gasteiger charge is -2.22. The number of hydrogen-bond acceptors (Lipinski definition) is 4. The van der Waals surface area contributed by atoms with Crippen LogP contribution in [0.4, 0.5) is 0 Å². The molecule has 6 heteroatoms. The highest BCUT2D eigenvalue weighted by molar-refractivity contribution is 7.09. The average Bonchev–Trinajstić information content (AvgIpc) is 3.10. The van der Waals surface area contributed by atoms with Gasteiger partial charge < -0.3 is 9.47 Å². The molecule has 1 aliphatic rings. The van der Waals surface area contributed by atoms with Crippen molar-refractivity contribution in [1.29, 1.82) is 0 Å². The molecule has 0 unspecified atom stereocenters. The minimum absolute atomic E-state index is 0.230. The maximum atomic E-state index is 12.5. The second kappa shape index (κ2) is 5.97. The molecule has 2 heterocycles. The van der Waals surface area contributed by atoms with E-state index in [-0.39, 0.29) is 5.91 Å². The Labute approximate surface area is 128 Å². The summed E-state index contributed by atoms with van der Waals surface area (Å²) in [5, 5.41) is 0. The van der Waals surface area contributed by atoms with Crippen LogP contribution in [0.2, 0.25) is 0 Å². The SMILES string of the molecule is Cc1ncsc1CCC(=O)N(Cc1nccn1C)C1CC1. The Bertz CT molecular complexity index is 629. The number of thiazole rings is 1. The van der Waals surface area contributed by atoms with Crippen molar-refractivity contribution in [1.82, 2.24) is 19.4 Å². The fraction of sp³-hybridized carbons (Fsp3) is 0.533. The van der Waals surface area contributed by atoms with Crippen molar-refractivity contribution < 1.29 is 4.79 Å². The Balaban J connectivity index is 1.62. The Morgan fingerprint density at radius 1 is 1.48 bits per heavy atom. The molecule has 0 spiro atoms. The third-order valence-corrected chi connectivity index (χ3v) is 4.95. The van der Waals surface area contributed by atoms with Gasteiger partial charge in [-0.3, -0.25) is 4.79 Å². The summed E-state index contributed by atoms with van der Waals surface area (Å²) in [6, 6.07) is 0.414. The van der Waals surface area contributed by atoms with Crippen molar-refractivity contribution in [2.75, 3.05) is 0 Å². The molecule has 2 aromatic heterocycles. The van der Waals surface area contributed by atoms with Gasteiger partial charge in [-0.15, -0.1) is 11.3 Å². The minimum Gasteiger partial charge on any atom is -0.337 e. The molecule has 1 fully saturated rings. The number of carbonyl (C=O) groups excluding carboxylic acids is 1. The van der Waals surface area contributed by atoms with E-state index in [1.807, 2.05) is 35.1 Å². The standard InChI is InChI=1S/C15H20N4OS/c1-11-13(21-10-17-11)5-6-15(20)19(12-3-4-12)9-14-16-7-8-18(14)2/h7-8,10,12H,3-6,9H2,1-2H3. The van der Waals surface area contributed by atoms with Gasteiger partial charge in [0, 0.05) is 36.8 Å². The van der Waals surface area contributed by atoms with Gasteiger partial charge in [0.25, 0.3) is 0 Å².